The van der Waals surface area contributed by atoms with Gasteiger partial charge in [-0.2, -0.15) is 11.8 Å². The van der Waals surface area contributed by atoms with Crippen LogP contribution in [0.5, 0.6) is 0 Å². The molecule has 1 heterocycles. The molecule has 15 heteroatoms. The largest absolute Gasteiger partial charge is 0.481 e. The maximum atomic E-state index is 13.4. The summed E-state index contributed by atoms with van der Waals surface area (Å²) in [6.45, 7) is 0. The Hall–Kier alpha value is -4.11. The van der Waals surface area contributed by atoms with Crippen molar-refractivity contribution in [1.29, 1.82) is 0 Å². The highest BCUT2D eigenvalue weighted by Crippen LogP contribution is 2.19. The van der Waals surface area contributed by atoms with Crippen LogP contribution in [0.25, 0.3) is 10.9 Å². The number of H-pyrrole nitrogens is 1. The summed E-state index contributed by atoms with van der Waals surface area (Å²) >= 11 is 1.38. The van der Waals surface area contributed by atoms with Gasteiger partial charge in [-0.25, -0.2) is 4.79 Å². The Morgan fingerprint density at radius 1 is 0.923 bits per heavy atom. The maximum absolute atomic E-state index is 13.4. The first-order valence-corrected chi connectivity index (χ1v) is 13.3. The monoisotopic (exact) mass is 564 g/mol. The number of amides is 4. The zero-order chi connectivity index (χ0) is 29.1. The highest BCUT2D eigenvalue weighted by Gasteiger charge is 2.31. The molecule has 212 valence electrons. The minimum absolute atomic E-state index is 0.0301. The standard InChI is InChI=1S/C24H32N6O8S/c1-39-7-6-16(22(35)30-18(24(37)38)10-19(26)31)28-23(36)17(29-21(34)14(25)9-20(32)33)8-12-11-27-15-5-3-2-4-13(12)15/h2-5,11,14,16-18,27H,6-10,25H2,1H3,(H2,26,31)(H,28,36)(H,29,34)(H,30,35)(H,32,33)(H,37,38). The second-order valence-electron chi connectivity index (χ2n) is 8.74. The zero-order valence-electron chi connectivity index (χ0n) is 21.1. The minimum atomic E-state index is -1.60. The topological polar surface area (TPSA) is 247 Å². The number of aliphatic carboxylic acids is 2. The summed E-state index contributed by atoms with van der Waals surface area (Å²) in [5, 5.41) is 26.3. The van der Waals surface area contributed by atoms with Gasteiger partial charge >= 0.3 is 11.9 Å². The average Bonchev–Trinajstić information content (AvgIpc) is 3.27. The van der Waals surface area contributed by atoms with Crippen molar-refractivity contribution in [3.05, 3.63) is 36.0 Å². The summed E-state index contributed by atoms with van der Waals surface area (Å²) in [7, 11) is 0. The van der Waals surface area contributed by atoms with Crippen molar-refractivity contribution < 1.29 is 39.0 Å². The fraction of sp³-hybridized carbons (Fsp3) is 0.417. The van der Waals surface area contributed by atoms with Crippen molar-refractivity contribution in [2.75, 3.05) is 12.0 Å². The van der Waals surface area contributed by atoms with Gasteiger partial charge in [-0.05, 0) is 30.1 Å². The molecule has 4 amide bonds. The number of rotatable bonds is 16. The molecular formula is C24H32N6O8S. The number of hydrogen-bond donors (Lipinski definition) is 8. The number of carbonyl (C=O) groups is 6. The van der Waals surface area contributed by atoms with E-state index in [-0.39, 0.29) is 12.8 Å². The van der Waals surface area contributed by atoms with Gasteiger partial charge in [0.25, 0.3) is 0 Å². The Kier molecular flexibility index (Phi) is 11.7. The molecule has 1 aromatic carbocycles. The highest BCUT2D eigenvalue weighted by molar-refractivity contribution is 7.98. The molecule has 4 atom stereocenters. The molecule has 0 saturated heterocycles. The number of carbonyl (C=O) groups excluding carboxylic acids is 4. The molecule has 1 aromatic heterocycles. The Bertz CT molecular complexity index is 1220. The van der Waals surface area contributed by atoms with Crippen molar-refractivity contribution in [3.8, 4) is 0 Å². The van der Waals surface area contributed by atoms with Crippen LogP contribution in [0.15, 0.2) is 30.5 Å². The van der Waals surface area contributed by atoms with Crippen LogP contribution in [0.3, 0.4) is 0 Å². The van der Waals surface area contributed by atoms with Gasteiger partial charge in [0.1, 0.15) is 18.1 Å². The van der Waals surface area contributed by atoms with E-state index in [1.165, 1.54) is 11.8 Å². The number of benzene rings is 1. The summed E-state index contributed by atoms with van der Waals surface area (Å²) in [5.41, 5.74) is 12.2. The van der Waals surface area contributed by atoms with Gasteiger partial charge in [-0.15, -0.1) is 0 Å². The number of aromatic nitrogens is 1. The third-order valence-corrected chi connectivity index (χ3v) is 6.37. The van der Waals surface area contributed by atoms with Crippen LogP contribution in [0.4, 0.5) is 0 Å². The first kappa shape index (κ1) is 31.1. The lowest BCUT2D eigenvalue weighted by atomic mass is 10.0. The fourth-order valence-electron chi connectivity index (χ4n) is 3.74. The second-order valence-corrected chi connectivity index (χ2v) is 9.73. The Balaban J connectivity index is 2.30. The lowest BCUT2D eigenvalue weighted by Crippen LogP contribution is -2.58. The van der Waals surface area contributed by atoms with E-state index in [1.807, 2.05) is 18.2 Å². The number of primary amides is 1. The lowest BCUT2D eigenvalue weighted by molar-refractivity contribution is -0.143. The molecule has 0 radical (unpaired) electrons. The van der Waals surface area contributed by atoms with Crippen molar-refractivity contribution in [1.82, 2.24) is 20.9 Å². The first-order chi connectivity index (χ1) is 18.4. The molecule has 2 rings (SSSR count). The van der Waals surface area contributed by atoms with Crippen LogP contribution in [0, 0.1) is 0 Å². The van der Waals surface area contributed by atoms with E-state index in [0.717, 1.165) is 10.9 Å². The smallest absolute Gasteiger partial charge is 0.326 e. The van der Waals surface area contributed by atoms with Crippen molar-refractivity contribution in [3.63, 3.8) is 0 Å². The van der Waals surface area contributed by atoms with Crippen LogP contribution in [-0.2, 0) is 35.2 Å². The van der Waals surface area contributed by atoms with Gasteiger partial charge in [0, 0.05) is 23.5 Å². The molecule has 0 fully saturated rings. The van der Waals surface area contributed by atoms with E-state index in [4.69, 9.17) is 16.6 Å². The van der Waals surface area contributed by atoms with Crippen molar-refractivity contribution in [2.24, 2.45) is 11.5 Å². The highest BCUT2D eigenvalue weighted by atomic mass is 32.2. The average molecular weight is 565 g/mol. The predicted octanol–water partition coefficient (Wildman–Crippen LogP) is -1.32. The molecule has 0 bridgehead atoms. The normalized spacial score (nSPS) is 14.0. The van der Waals surface area contributed by atoms with E-state index in [2.05, 4.69) is 20.9 Å². The van der Waals surface area contributed by atoms with Gasteiger partial charge in [0.15, 0.2) is 0 Å². The summed E-state index contributed by atoms with van der Waals surface area (Å²) in [4.78, 5) is 75.7. The van der Waals surface area contributed by atoms with E-state index in [1.54, 1.807) is 18.5 Å². The van der Waals surface area contributed by atoms with Gasteiger partial charge < -0.3 is 42.6 Å². The number of fused-ring (bicyclic) bond motifs is 1. The van der Waals surface area contributed by atoms with Gasteiger partial charge in [-0.3, -0.25) is 24.0 Å². The zero-order valence-corrected chi connectivity index (χ0v) is 22.0. The summed E-state index contributed by atoms with van der Waals surface area (Å²) in [6.07, 6.45) is 2.19. The molecule has 0 spiro atoms. The van der Waals surface area contributed by atoms with E-state index < -0.39 is 72.6 Å². The van der Waals surface area contributed by atoms with Crippen LogP contribution >= 0.6 is 11.8 Å². The molecule has 2 aromatic rings. The lowest BCUT2D eigenvalue weighted by Gasteiger charge is -2.25. The van der Waals surface area contributed by atoms with E-state index in [0.29, 0.717) is 11.3 Å². The molecular weight excluding hydrogens is 532 g/mol. The van der Waals surface area contributed by atoms with Crippen molar-refractivity contribution in [2.45, 2.75) is 49.9 Å². The summed E-state index contributed by atoms with van der Waals surface area (Å²) in [6, 6.07) is 1.75. The molecule has 39 heavy (non-hydrogen) atoms. The number of thioether (sulfide) groups is 1. The summed E-state index contributed by atoms with van der Waals surface area (Å²) < 4.78 is 0. The van der Waals surface area contributed by atoms with Gasteiger partial charge in [-0.1, -0.05) is 18.2 Å². The predicted molar refractivity (Wildman–Crippen MR) is 142 cm³/mol. The van der Waals surface area contributed by atoms with Gasteiger partial charge in [0.05, 0.1) is 18.9 Å². The number of carboxylic acids is 2. The minimum Gasteiger partial charge on any atom is -0.481 e. The molecule has 0 aliphatic heterocycles. The van der Waals surface area contributed by atoms with E-state index in [9.17, 15) is 33.9 Å². The number of para-hydroxylation sites is 1. The number of carboxylic acid groups (broad SMARTS) is 2. The second kappa shape index (κ2) is 14.7. The van der Waals surface area contributed by atoms with E-state index >= 15 is 0 Å². The molecule has 0 saturated carbocycles. The maximum Gasteiger partial charge on any atom is 0.326 e. The molecule has 0 aliphatic rings. The fourth-order valence-corrected chi connectivity index (χ4v) is 4.21. The number of hydrogen-bond acceptors (Lipinski definition) is 8. The SMILES string of the molecule is CSCCC(NC(=O)C(Cc1c[nH]c2ccccc12)NC(=O)C(N)CC(=O)O)C(=O)NC(CC(N)=O)C(=O)O. The van der Waals surface area contributed by atoms with Crippen LogP contribution in [0.1, 0.15) is 24.8 Å². The number of nitrogens with one attached hydrogen (secondary N) is 4. The Labute approximate surface area is 227 Å². The number of aromatic amines is 1. The third-order valence-electron chi connectivity index (χ3n) is 5.73. The quantitative estimate of drug-likeness (QED) is 0.119. The Morgan fingerprint density at radius 2 is 1.54 bits per heavy atom. The molecule has 0 aliphatic carbocycles. The number of nitrogens with two attached hydrogens (primary N) is 2. The third kappa shape index (κ3) is 9.61. The molecule has 14 nitrogen and oxygen atoms in total. The van der Waals surface area contributed by atoms with Crippen LogP contribution in [-0.4, -0.2) is 86.9 Å². The van der Waals surface area contributed by atoms with Gasteiger partial charge in [0.2, 0.25) is 23.6 Å². The Morgan fingerprint density at radius 3 is 2.15 bits per heavy atom. The summed E-state index contributed by atoms with van der Waals surface area (Å²) in [5.74, 6) is -5.82. The van der Waals surface area contributed by atoms with Crippen molar-refractivity contribution >= 4 is 58.2 Å². The molecule has 4 unspecified atom stereocenters. The van der Waals surface area contributed by atoms with Crippen LogP contribution in [0.2, 0.25) is 0 Å². The first-order valence-electron chi connectivity index (χ1n) is 11.9. The molecule has 10 N–H and O–H groups in total. The van der Waals surface area contributed by atoms with Crippen LogP contribution < -0.4 is 27.4 Å².